The van der Waals surface area contributed by atoms with Crippen molar-refractivity contribution in [3.8, 4) is 0 Å². The van der Waals surface area contributed by atoms with Crippen LogP contribution in [0.1, 0.15) is 17.5 Å². The first-order chi connectivity index (χ1) is 8.20. The molecule has 0 bridgehead atoms. The van der Waals surface area contributed by atoms with Crippen LogP contribution in [0, 0.1) is 5.82 Å². The van der Waals surface area contributed by atoms with E-state index in [0.717, 1.165) is 17.7 Å². The molecular weight excluding hydrogens is 235 g/mol. The maximum atomic E-state index is 13.2. The fourth-order valence-corrected chi connectivity index (χ4v) is 3.51. The van der Waals surface area contributed by atoms with Crippen molar-refractivity contribution in [3.05, 3.63) is 35.1 Å². The molecule has 0 saturated carbocycles. The lowest BCUT2D eigenvalue weighted by Crippen LogP contribution is -2.31. The molecule has 2 rings (SSSR count). The third-order valence-corrected chi connectivity index (χ3v) is 4.48. The van der Waals surface area contributed by atoms with E-state index in [2.05, 4.69) is 11.9 Å². The molecule has 0 amide bonds. The van der Waals surface area contributed by atoms with Gasteiger partial charge in [0.25, 0.3) is 0 Å². The minimum Gasteiger partial charge on any atom is -0.326 e. The minimum atomic E-state index is -0.175. The number of thioether (sulfide) groups is 1. The van der Waals surface area contributed by atoms with Gasteiger partial charge in [0, 0.05) is 24.9 Å². The van der Waals surface area contributed by atoms with Gasteiger partial charge in [0.2, 0.25) is 0 Å². The number of hydrogen-bond acceptors (Lipinski definition) is 3. The van der Waals surface area contributed by atoms with Crippen LogP contribution >= 0.6 is 11.8 Å². The summed E-state index contributed by atoms with van der Waals surface area (Å²) in [4.78, 5) is 2.31. The van der Waals surface area contributed by atoms with Gasteiger partial charge in [-0.3, -0.25) is 4.90 Å². The first-order valence-corrected chi connectivity index (χ1v) is 7.11. The van der Waals surface area contributed by atoms with Crippen LogP contribution in [0.5, 0.6) is 0 Å². The molecule has 1 aliphatic heterocycles. The van der Waals surface area contributed by atoms with Gasteiger partial charge in [-0.2, -0.15) is 11.8 Å². The van der Waals surface area contributed by atoms with Gasteiger partial charge in [-0.25, -0.2) is 4.39 Å². The molecule has 1 atom stereocenters. The Kier molecular flexibility index (Phi) is 4.42. The summed E-state index contributed by atoms with van der Waals surface area (Å²) in [6, 6.07) is 5.51. The zero-order valence-electron chi connectivity index (χ0n) is 10.2. The van der Waals surface area contributed by atoms with E-state index in [9.17, 15) is 4.39 Å². The van der Waals surface area contributed by atoms with Gasteiger partial charge in [0.15, 0.2) is 0 Å². The highest BCUT2D eigenvalue weighted by Gasteiger charge is 2.20. The fraction of sp³-hybridized carbons (Fsp3) is 0.538. The minimum absolute atomic E-state index is 0.175. The van der Waals surface area contributed by atoms with E-state index in [1.165, 1.54) is 24.0 Å². The zero-order chi connectivity index (χ0) is 12.3. The fourth-order valence-electron chi connectivity index (χ4n) is 2.21. The molecule has 1 aromatic rings. The standard InChI is InChI=1S/C13H19FN2S/c1-16(13-4-5-17-9-13)8-11-6-12(14)3-2-10(11)7-15/h2-3,6,13H,4-5,7-9,15H2,1H3. The Morgan fingerprint density at radius 2 is 2.29 bits per heavy atom. The van der Waals surface area contributed by atoms with E-state index >= 15 is 0 Å². The molecule has 0 aliphatic carbocycles. The average molecular weight is 254 g/mol. The number of nitrogens with two attached hydrogens (primary N) is 1. The number of halogens is 1. The second-order valence-electron chi connectivity index (χ2n) is 4.55. The van der Waals surface area contributed by atoms with Crippen LogP contribution in [-0.4, -0.2) is 29.5 Å². The Hall–Kier alpha value is -0.580. The number of rotatable bonds is 4. The second kappa shape index (κ2) is 5.85. The zero-order valence-corrected chi connectivity index (χ0v) is 11.0. The van der Waals surface area contributed by atoms with E-state index in [-0.39, 0.29) is 5.82 Å². The molecule has 94 valence electrons. The number of hydrogen-bond donors (Lipinski definition) is 1. The summed E-state index contributed by atoms with van der Waals surface area (Å²) in [7, 11) is 2.11. The molecule has 17 heavy (non-hydrogen) atoms. The summed E-state index contributed by atoms with van der Waals surface area (Å²) in [5, 5.41) is 0. The van der Waals surface area contributed by atoms with Crippen LogP contribution < -0.4 is 5.73 Å². The Balaban J connectivity index is 2.08. The predicted octanol–water partition coefficient (Wildman–Crippen LogP) is 2.22. The Morgan fingerprint density at radius 3 is 2.94 bits per heavy atom. The summed E-state index contributed by atoms with van der Waals surface area (Å²) in [5.41, 5.74) is 7.75. The van der Waals surface area contributed by atoms with Crippen molar-refractivity contribution in [2.75, 3.05) is 18.6 Å². The molecule has 2 nitrogen and oxygen atoms in total. The van der Waals surface area contributed by atoms with E-state index in [1.807, 2.05) is 11.8 Å². The molecule has 0 spiro atoms. The topological polar surface area (TPSA) is 29.3 Å². The van der Waals surface area contributed by atoms with Crippen molar-refractivity contribution in [1.29, 1.82) is 0 Å². The van der Waals surface area contributed by atoms with Gasteiger partial charge < -0.3 is 5.73 Å². The highest BCUT2D eigenvalue weighted by atomic mass is 32.2. The van der Waals surface area contributed by atoms with Crippen LogP contribution in [0.25, 0.3) is 0 Å². The molecule has 1 unspecified atom stereocenters. The Morgan fingerprint density at radius 1 is 1.47 bits per heavy atom. The van der Waals surface area contributed by atoms with Gasteiger partial charge in [-0.15, -0.1) is 0 Å². The third kappa shape index (κ3) is 3.21. The van der Waals surface area contributed by atoms with Crippen molar-refractivity contribution in [2.24, 2.45) is 5.73 Å². The van der Waals surface area contributed by atoms with Gasteiger partial charge in [-0.05, 0) is 42.5 Å². The Bertz CT molecular complexity index is 378. The predicted molar refractivity (Wildman–Crippen MR) is 71.5 cm³/mol. The van der Waals surface area contributed by atoms with E-state index in [4.69, 9.17) is 5.73 Å². The van der Waals surface area contributed by atoms with E-state index in [1.54, 1.807) is 12.1 Å². The Labute approximate surface area is 106 Å². The van der Waals surface area contributed by atoms with Gasteiger partial charge >= 0.3 is 0 Å². The average Bonchev–Trinajstić information content (AvgIpc) is 2.83. The van der Waals surface area contributed by atoms with Crippen LogP contribution in [-0.2, 0) is 13.1 Å². The van der Waals surface area contributed by atoms with Crippen molar-refractivity contribution >= 4 is 11.8 Å². The lowest BCUT2D eigenvalue weighted by Gasteiger charge is -2.24. The highest BCUT2D eigenvalue weighted by Crippen LogP contribution is 2.23. The molecular formula is C13H19FN2S. The lowest BCUT2D eigenvalue weighted by atomic mass is 10.1. The van der Waals surface area contributed by atoms with E-state index < -0.39 is 0 Å². The molecule has 4 heteroatoms. The largest absolute Gasteiger partial charge is 0.326 e. The molecule has 1 heterocycles. The third-order valence-electron chi connectivity index (χ3n) is 3.34. The first-order valence-electron chi connectivity index (χ1n) is 5.96. The van der Waals surface area contributed by atoms with Gasteiger partial charge in [0.1, 0.15) is 5.82 Å². The van der Waals surface area contributed by atoms with Crippen molar-refractivity contribution < 1.29 is 4.39 Å². The SMILES string of the molecule is CN(Cc1cc(F)ccc1CN)C1CCSC1. The summed E-state index contributed by atoms with van der Waals surface area (Å²) in [6.07, 6.45) is 1.23. The highest BCUT2D eigenvalue weighted by molar-refractivity contribution is 7.99. The molecule has 0 aromatic heterocycles. The summed E-state index contributed by atoms with van der Waals surface area (Å²) in [6.45, 7) is 1.26. The normalized spacial score (nSPS) is 20.1. The van der Waals surface area contributed by atoms with Crippen LogP contribution in [0.3, 0.4) is 0 Å². The van der Waals surface area contributed by atoms with Crippen molar-refractivity contribution in [2.45, 2.75) is 25.6 Å². The molecule has 1 aliphatic rings. The monoisotopic (exact) mass is 254 g/mol. The van der Waals surface area contributed by atoms with Gasteiger partial charge in [-0.1, -0.05) is 6.07 Å². The first kappa shape index (κ1) is 12.9. The van der Waals surface area contributed by atoms with Crippen LogP contribution in [0.2, 0.25) is 0 Å². The molecule has 2 N–H and O–H groups in total. The van der Waals surface area contributed by atoms with Crippen LogP contribution in [0.15, 0.2) is 18.2 Å². The van der Waals surface area contributed by atoms with Crippen molar-refractivity contribution in [3.63, 3.8) is 0 Å². The smallest absolute Gasteiger partial charge is 0.123 e. The second-order valence-corrected chi connectivity index (χ2v) is 5.70. The molecule has 1 fully saturated rings. The van der Waals surface area contributed by atoms with Crippen molar-refractivity contribution in [1.82, 2.24) is 4.90 Å². The maximum Gasteiger partial charge on any atom is 0.123 e. The molecule has 0 radical (unpaired) electrons. The van der Waals surface area contributed by atoms with Gasteiger partial charge in [0.05, 0.1) is 0 Å². The summed E-state index contributed by atoms with van der Waals surface area (Å²) >= 11 is 1.99. The quantitative estimate of drug-likeness (QED) is 0.893. The lowest BCUT2D eigenvalue weighted by molar-refractivity contribution is 0.253. The molecule has 1 aromatic carbocycles. The number of benzene rings is 1. The van der Waals surface area contributed by atoms with Crippen LogP contribution in [0.4, 0.5) is 4.39 Å². The maximum absolute atomic E-state index is 13.2. The van der Waals surface area contributed by atoms with E-state index in [0.29, 0.717) is 12.6 Å². The summed E-state index contributed by atoms with van der Waals surface area (Å²) in [5.74, 6) is 2.25. The summed E-state index contributed by atoms with van der Waals surface area (Å²) < 4.78 is 13.2. The number of nitrogens with zero attached hydrogens (tertiary/aromatic N) is 1. The molecule has 1 saturated heterocycles.